The van der Waals surface area contributed by atoms with Crippen LogP contribution in [0.4, 0.5) is 0 Å². The zero-order valence-corrected chi connectivity index (χ0v) is 27.9. The zero-order valence-electron chi connectivity index (χ0n) is 27.9. The maximum atomic E-state index is 14.5. The summed E-state index contributed by atoms with van der Waals surface area (Å²) in [6.45, 7) is 14.7. The van der Waals surface area contributed by atoms with Gasteiger partial charge in [0.1, 0.15) is 17.4 Å². The molecule has 3 amide bonds. The Labute approximate surface area is 263 Å². The van der Waals surface area contributed by atoms with Crippen molar-refractivity contribution in [3.8, 4) is 5.75 Å². The highest BCUT2D eigenvalue weighted by Gasteiger charge is 2.42. The van der Waals surface area contributed by atoms with Crippen molar-refractivity contribution in [3.05, 3.63) is 64.7 Å². The first kappa shape index (κ1) is 33.5. The number of rotatable bonds is 9. The third kappa shape index (κ3) is 8.20. The van der Waals surface area contributed by atoms with E-state index in [1.807, 2.05) is 51.1 Å². The molecule has 1 aliphatic heterocycles. The highest BCUT2D eigenvalue weighted by atomic mass is 16.5. The van der Waals surface area contributed by atoms with Crippen LogP contribution >= 0.6 is 0 Å². The van der Waals surface area contributed by atoms with Crippen molar-refractivity contribution < 1.29 is 19.1 Å². The number of hydrogen-bond donors (Lipinski definition) is 3. The number of likely N-dealkylation sites (N-methyl/N-ethyl adjacent to an activating group) is 1. The van der Waals surface area contributed by atoms with Gasteiger partial charge in [-0.2, -0.15) is 0 Å². The molecular formula is C36H52N4O4. The molecule has 2 aromatic rings. The summed E-state index contributed by atoms with van der Waals surface area (Å²) in [5.41, 5.74) is 3.76. The molecule has 0 radical (unpaired) electrons. The lowest BCUT2D eigenvalue weighted by Gasteiger charge is -2.41. The number of benzene rings is 2. The van der Waals surface area contributed by atoms with Crippen molar-refractivity contribution >= 4 is 17.7 Å². The van der Waals surface area contributed by atoms with Crippen LogP contribution < -0.4 is 20.7 Å². The van der Waals surface area contributed by atoms with Crippen LogP contribution in [0.3, 0.4) is 0 Å². The topological polar surface area (TPSA) is 99.8 Å². The molecule has 3 N–H and O–H groups in total. The van der Waals surface area contributed by atoms with E-state index in [9.17, 15) is 14.4 Å². The van der Waals surface area contributed by atoms with Gasteiger partial charge >= 0.3 is 0 Å². The minimum Gasteiger partial charge on any atom is -0.488 e. The molecule has 44 heavy (non-hydrogen) atoms. The Hall–Kier alpha value is -3.39. The van der Waals surface area contributed by atoms with Gasteiger partial charge in [-0.05, 0) is 100 Å². The predicted molar refractivity (Wildman–Crippen MR) is 174 cm³/mol. The summed E-state index contributed by atoms with van der Waals surface area (Å²) in [7, 11) is 1.75. The number of aryl methyl sites for hydroxylation is 1. The first-order chi connectivity index (χ1) is 20.7. The molecule has 2 unspecified atom stereocenters. The van der Waals surface area contributed by atoms with E-state index in [1.165, 1.54) is 11.1 Å². The predicted octanol–water partition coefficient (Wildman–Crippen LogP) is 5.09. The summed E-state index contributed by atoms with van der Waals surface area (Å²) in [5, 5.41) is 9.26. The maximum absolute atomic E-state index is 14.5. The van der Waals surface area contributed by atoms with E-state index in [0.717, 1.165) is 36.1 Å². The molecule has 2 aliphatic rings. The lowest BCUT2D eigenvalue weighted by molar-refractivity contribution is -0.148. The lowest BCUT2D eigenvalue weighted by Crippen LogP contribution is -2.56. The van der Waals surface area contributed by atoms with E-state index in [0.29, 0.717) is 25.9 Å². The van der Waals surface area contributed by atoms with Crippen LogP contribution in [0, 0.1) is 11.3 Å². The van der Waals surface area contributed by atoms with Crippen molar-refractivity contribution in [1.82, 2.24) is 20.9 Å². The molecule has 240 valence electrons. The molecule has 0 saturated heterocycles. The number of nitrogens with zero attached hydrogens (tertiary/aromatic N) is 1. The molecule has 0 bridgehead atoms. The lowest BCUT2D eigenvalue weighted by atomic mass is 9.77. The van der Waals surface area contributed by atoms with Gasteiger partial charge in [0.15, 0.2) is 0 Å². The van der Waals surface area contributed by atoms with Gasteiger partial charge in [-0.15, -0.1) is 0 Å². The van der Waals surface area contributed by atoms with Gasteiger partial charge in [-0.1, -0.05) is 51.1 Å². The molecule has 4 atom stereocenters. The Balaban J connectivity index is 1.63. The Morgan fingerprint density at radius 2 is 1.73 bits per heavy atom. The number of carbonyl (C=O) groups excluding carboxylic acids is 3. The molecule has 2 aromatic carbocycles. The number of amides is 3. The van der Waals surface area contributed by atoms with Crippen LogP contribution in [-0.2, 0) is 33.8 Å². The maximum Gasteiger partial charge on any atom is 0.243 e. The van der Waals surface area contributed by atoms with E-state index < -0.39 is 12.0 Å². The molecule has 0 aromatic heterocycles. The fraction of sp³-hybridized carbons (Fsp3) is 0.583. The summed E-state index contributed by atoms with van der Waals surface area (Å²) in [6, 6.07) is 13.3. The van der Waals surface area contributed by atoms with Crippen LogP contribution in [0.5, 0.6) is 5.75 Å². The second-order valence-electron chi connectivity index (χ2n) is 14.5. The normalized spacial score (nSPS) is 19.7. The summed E-state index contributed by atoms with van der Waals surface area (Å²) in [5.74, 6) is 0.0684. The summed E-state index contributed by atoms with van der Waals surface area (Å²) in [6.07, 6.45) is 3.82. The molecule has 0 fully saturated rings. The van der Waals surface area contributed by atoms with E-state index >= 15 is 0 Å². The summed E-state index contributed by atoms with van der Waals surface area (Å²) in [4.78, 5) is 42.9. The van der Waals surface area contributed by atoms with Gasteiger partial charge in [0, 0.05) is 25.4 Å². The number of hydrogen-bond acceptors (Lipinski definition) is 5. The van der Waals surface area contributed by atoms with Crippen molar-refractivity contribution in [1.29, 1.82) is 0 Å². The van der Waals surface area contributed by atoms with Gasteiger partial charge in [-0.3, -0.25) is 14.4 Å². The Morgan fingerprint density at radius 1 is 1.00 bits per heavy atom. The Morgan fingerprint density at radius 3 is 2.41 bits per heavy atom. The Bertz CT molecular complexity index is 1340. The average molecular weight is 605 g/mol. The van der Waals surface area contributed by atoms with Crippen molar-refractivity contribution in [3.63, 3.8) is 0 Å². The van der Waals surface area contributed by atoms with Crippen molar-refractivity contribution in [2.24, 2.45) is 11.3 Å². The van der Waals surface area contributed by atoms with Gasteiger partial charge in [0.2, 0.25) is 17.7 Å². The highest BCUT2D eigenvalue weighted by Crippen LogP contribution is 2.36. The number of nitrogens with one attached hydrogen (secondary N) is 3. The average Bonchev–Trinajstić information content (AvgIpc) is 2.96. The molecule has 4 rings (SSSR count). The van der Waals surface area contributed by atoms with E-state index in [4.69, 9.17) is 4.74 Å². The van der Waals surface area contributed by atoms with Crippen LogP contribution in [-0.4, -0.2) is 53.9 Å². The zero-order chi connectivity index (χ0) is 32.2. The van der Waals surface area contributed by atoms with Crippen molar-refractivity contribution in [2.75, 3.05) is 13.6 Å². The highest BCUT2D eigenvalue weighted by molar-refractivity contribution is 5.90. The van der Waals surface area contributed by atoms with E-state index in [1.54, 1.807) is 18.9 Å². The number of ether oxygens (including phenoxy) is 1. The monoisotopic (exact) mass is 604 g/mol. The fourth-order valence-corrected chi connectivity index (χ4v) is 6.37. The van der Waals surface area contributed by atoms with Gasteiger partial charge in [0.25, 0.3) is 0 Å². The molecule has 0 spiro atoms. The first-order valence-corrected chi connectivity index (χ1v) is 16.1. The fourth-order valence-electron chi connectivity index (χ4n) is 6.37. The molecule has 1 aliphatic carbocycles. The van der Waals surface area contributed by atoms with Crippen LogP contribution in [0.15, 0.2) is 42.5 Å². The third-order valence-corrected chi connectivity index (χ3v) is 8.91. The summed E-state index contributed by atoms with van der Waals surface area (Å²) < 4.78 is 6.15. The number of fused-ring (bicyclic) bond motifs is 2. The van der Waals surface area contributed by atoms with Gasteiger partial charge in [0.05, 0.1) is 12.1 Å². The SMILES string of the molecule is CN[C@@H](C)C(=O)NCC[C@H](C(=O)N1Cc2cc(OC(C)(C)C)ccc2CC1C(=O)NC1CCCc2ccccc21)C(C)(C)C. The minimum absolute atomic E-state index is 0.0644. The first-order valence-electron chi connectivity index (χ1n) is 16.1. The largest absolute Gasteiger partial charge is 0.488 e. The van der Waals surface area contributed by atoms with Crippen LogP contribution in [0.25, 0.3) is 0 Å². The molecule has 8 nitrogen and oxygen atoms in total. The molecular weight excluding hydrogens is 552 g/mol. The quantitative estimate of drug-likeness (QED) is 0.371. The molecule has 0 saturated carbocycles. The number of carbonyl (C=O) groups is 3. The van der Waals surface area contributed by atoms with E-state index in [-0.39, 0.29) is 40.8 Å². The van der Waals surface area contributed by atoms with E-state index in [2.05, 4.69) is 48.9 Å². The second-order valence-corrected chi connectivity index (χ2v) is 14.5. The van der Waals surface area contributed by atoms with Gasteiger partial charge in [-0.25, -0.2) is 0 Å². The Kier molecular flexibility index (Phi) is 10.4. The minimum atomic E-state index is -0.637. The van der Waals surface area contributed by atoms with Gasteiger partial charge < -0.3 is 25.6 Å². The van der Waals surface area contributed by atoms with Crippen LogP contribution in [0.1, 0.15) is 96.0 Å². The van der Waals surface area contributed by atoms with Crippen LogP contribution in [0.2, 0.25) is 0 Å². The second kappa shape index (κ2) is 13.7. The summed E-state index contributed by atoms with van der Waals surface area (Å²) >= 11 is 0. The smallest absolute Gasteiger partial charge is 0.243 e. The molecule has 8 heteroatoms. The van der Waals surface area contributed by atoms with Crippen molar-refractivity contribution in [2.45, 2.75) is 111 Å². The molecule has 1 heterocycles. The third-order valence-electron chi connectivity index (χ3n) is 8.91. The standard InChI is InChI=1S/C36H52N4O4/c1-23(37-8)32(41)38-19-18-29(35(2,3)4)34(43)40-22-26-20-27(44-36(5,6)7)17-16-25(26)21-31(40)33(42)39-30-15-11-13-24-12-9-10-14-28(24)30/h9-10,12,14,16-17,20,23,29-31,37H,11,13,15,18-19,21-22H2,1-8H3,(H,38,41)(H,39,42)/t23-,29+,30?,31?/m0/s1.